The Hall–Kier alpha value is -3.42. The first-order valence-corrected chi connectivity index (χ1v) is 12.3. The minimum Gasteiger partial charge on any atom is -0.480 e. The van der Waals surface area contributed by atoms with Gasteiger partial charge in [0.1, 0.15) is 11.1 Å². The van der Waals surface area contributed by atoms with Crippen LogP contribution >= 0.6 is 0 Å². The molecule has 7 nitrogen and oxygen atoms in total. The number of piperidine rings is 1. The Labute approximate surface area is 204 Å². The summed E-state index contributed by atoms with van der Waals surface area (Å²) >= 11 is 0. The molecule has 1 aliphatic heterocycles. The number of benzene rings is 2. The molecule has 1 saturated heterocycles. The van der Waals surface area contributed by atoms with Crippen LogP contribution < -0.4 is 15.4 Å². The first-order valence-electron chi connectivity index (χ1n) is 12.3. The predicted octanol–water partition coefficient (Wildman–Crippen LogP) is 4.86. The maximum Gasteiger partial charge on any atom is 0.236 e. The van der Waals surface area contributed by atoms with Crippen molar-refractivity contribution in [3.63, 3.8) is 0 Å². The van der Waals surface area contributed by atoms with Crippen LogP contribution in [0, 0.1) is 0 Å². The summed E-state index contributed by atoms with van der Waals surface area (Å²) in [6.45, 7) is 1.38. The van der Waals surface area contributed by atoms with Crippen molar-refractivity contribution in [2.75, 3.05) is 25.1 Å². The van der Waals surface area contributed by atoms with Gasteiger partial charge in [-0.1, -0.05) is 54.6 Å². The van der Waals surface area contributed by atoms with Crippen LogP contribution in [-0.4, -0.2) is 41.4 Å². The second-order valence-corrected chi connectivity index (χ2v) is 9.69. The third kappa shape index (κ3) is 3.85. The lowest BCUT2D eigenvalue weighted by Crippen LogP contribution is -2.43. The van der Waals surface area contributed by atoms with E-state index < -0.39 is 0 Å². The van der Waals surface area contributed by atoms with E-state index in [9.17, 15) is 5.11 Å². The zero-order valence-corrected chi connectivity index (χ0v) is 19.9. The fourth-order valence-corrected chi connectivity index (χ4v) is 5.20. The summed E-state index contributed by atoms with van der Waals surface area (Å²) in [5.41, 5.74) is 10.9. The van der Waals surface area contributed by atoms with Crippen molar-refractivity contribution in [3.8, 4) is 28.3 Å². The Morgan fingerprint density at radius 2 is 1.71 bits per heavy atom. The molecular formula is C28H30N4O3. The quantitative estimate of drug-likeness (QED) is 0.430. The third-order valence-corrected chi connectivity index (χ3v) is 7.48. The smallest absolute Gasteiger partial charge is 0.236 e. The molecule has 2 aliphatic rings. The van der Waals surface area contributed by atoms with Crippen LogP contribution in [0.2, 0.25) is 0 Å². The normalized spacial score (nSPS) is 18.0. The van der Waals surface area contributed by atoms with Crippen molar-refractivity contribution in [1.29, 1.82) is 0 Å². The molecule has 0 bridgehead atoms. The van der Waals surface area contributed by atoms with E-state index >= 15 is 0 Å². The van der Waals surface area contributed by atoms with Crippen LogP contribution in [0.5, 0.6) is 5.88 Å². The van der Waals surface area contributed by atoms with Crippen molar-refractivity contribution >= 4 is 17.0 Å². The molecule has 2 aromatic heterocycles. The van der Waals surface area contributed by atoms with Crippen molar-refractivity contribution in [2.24, 2.45) is 5.73 Å². The second kappa shape index (κ2) is 8.66. The zero-order valence-electron chi connectivity index (χ0n) is 19.9. The molecule has 0 radical (unpaired) electrons. The Bertz CT molecular complexity index is 1340. The van der Waals surface area contributed by atoms with E-state index in [2.05, 4.69) is 41.3 Å². The lowest BCUT2D eigenvalue weighted by molar-refractivity contribution is 0.145. The highest BCUT2D eigenvalue weighted by molar-refractivity contribution is 6.03. The number of hydrogen-bond donors (Lipinski definition) is 2. The van der Waals surface area contributed by atoms with Crippen LogP contribution in [0.3, 0.4) is 0 Å². The number of ether oxygens (including phenoxy) is 1. The molecule has 35 heavy (non-hydrogen) atoms. The van der Waals surface area contributed by atoms with Gasteiger partial charge in [0.25, 0.3) is 0 Å². The number of aliphatic hydroxyl groups excluding tert-OH is 1. The molecule has 2 fully saturated rings. The minimum absolute atomic E-state index is 0.208. The Kier molecular flexibility index (Phi) is 5.46. The standard InChI is InChI=1S/C28H30N4O3/c1-34-25-23-22(18-6-3-2-4-7-18)24(19-8-10-20(11-9-19)28(29)14-5-15-28)35-26(23)31-27(30-25)32-16-12-21(33)13-17-32/h2-4,6-11,21,33H,5,12-17,29H2,1H3. The van der Waals surface area contributed by atoms with E-state index in [1.165, 1.54) is 6.42 Å². The van der Waals surface area contributed by atoms with Gasteiger partial charge >= 0.3 is 0 Å². The number of rotatable bonds is 5. The number of aliphatic hydroxyl groups is 1. The minimum atomic E-state index is -0.271. The summed E-state index contributed by atoms with van der Waals surface area (Å²) in [6, 6.07) is 18.5. The van der Waals surface area contributed by atoms with Gasteiger partial charge in [-0.25, -0.2) is 0 Å². The number of aromatic nitrogens is 2. The van der Waals surface area contributed by atoms with Crippen molar-refractivity contribution in [3.05, 3.63) is 60.2 Å². The molecule has 3 heterocycles. The average molecular weight is 471 g/mol. The molecule has 0 spiro atoms. The number of anilines is 1. The van der Waals surface area contributed by atoms with Crippen LogP contribution in [0.4, 0.5) is 5.95 Å². The summed E-state index contributed by atoms with van der Waals surface area (Å²) in [7, 11) is 1.63. The van der Waals surface area contributed by atoms with Crippen LogP contribution in [0.25, 0.3) is 33.6 Å². The van der Waals surface area contributed by atoms with E-state index in [1.54, 1.807) is 7.11 Å². The van der Waals surface area contributed by atoms with Gasteiger partial charge in [-0.05, 0) is 43.2 Å². The molecular weight excluding hydrogens is 440 g/mol. The van der Waals surface area contributed by atoms with E-state index in [-0.39, 0.29) is 11.6 Å². The van der Waals surface area contributed by atoms with E-state index in [1.807, 2.05) is 18.2 Å². The number of nitrogens with zero attached hydrogens (tertiary/aromatic N) is 3. The first-order chi connectivity index (χ1) is 17.1. The van der Waals surface area contributed by atoms with Gasteiger partial charge in [0.05, 0.1) is 13.2 Å². The summed E-state index contributed by atoms with van der Waals surface area (Å²) < 4.78 is 12.2. The highest BCUT2D eigenvalue weighted by Crippen LogP contribution is 2.45. The van der Waals surface area contributed by atoms with Crippen LogP contribution in [0.1, 0.15) is 37.7 Å². The number of methoxy groups -OCH3 is 1. The lowest BCUT2D eigenvalue weighted by atomic mass is 9.72. The van der Waals surface area contributed by atoms with Crippen LogP contribution in [0.15, 0.2) is 59.0 Å². The van der Waals surface area contributed by atoms with Gasteiger partial charge in [-0.3, -0.25) is 0 Å². The van der Waals surface area contributed by atoms with Crippen molar-refractivity contribution in [2.45, 2.75) is 43.7 Å². The predicted molar refractivity (Wildman–Crippen MR) is 136 cm³/mol. The number of fused-ring (bicyclic) bond motifs is 1. The first kappa shape index (κ1) is 22.1. The lowest BCUT2D eigenvalue weighted by Gasteiger charge is -2.38. The van der Waals surface area contributed by atoms with Gasteiger partial charge in [-0.2, -0.15) is 9.97 Å². The molecule has 0 amide bonds. The topological polar surface area (TPSA) is 97.6 Å². The largest absolute Gasteiger partial charge is 0.480 e. The fraction of sp³-hybridized carbons (Fsp3) is 0.357. The summed E-state index contributed by atoms with van der Waals surface area (Å²) in [4.78, 5) is 11.6. The second-order valence-electron chi connectivity index (χ2n) is 9.69. The Morgan fingerprint density at radius 1 is 1.00 bits per heavy atom. The molecule has 6 rings (SSSR count). The molecule has 180 valence electrons. The molecule has 0 atom stereocenters. The monoisotopic (exact) mass is 470 g/mol. The van der Waals surface area contributed by atoms with Gasteiger partial charge in [0.15, 0.2) is 0 Å². The summed E-state index contributed by atoms with van der Waals surface area (Å²) in [5, 5.41) is 10.7. The highest BCUT2D eigenvalue weighted by Gasteiger charge is 2.34. The van der Waals surface area contributed by atoms with Crippen LogP contribution in [-0.2, 0) is 5.54 Å². The molecule has 1 saturated carbocycles. The maximum absolute atomic E-state index is 9.91. The molecule has 3 N–H and O–H groups in total. The third-order valence-electron chi connectivity index (χ3n) is 7.48. The molecule has 7 heteroatoms. The number of hydrogen-bond acceptors (Lipinski definition) is 7. The van der Waals surface area contributed by atoms with E-state index in [0.717, 1.165) is 46.2 Å². The molecule has 1 aliphatic carbocycles. The zero-order chi connectivity index (χ0) is 24.0. The maximum atomic E-state index is 9.91. The molecule has 2 aromatic carbocycles. The van der Waals surface area contributed by atoms with Crippen molar-refractivity contribution < 1.29 is 14.3 Å². The summed E-state index contributed by atoms with van der Waals surface area (Å²) in [6.07, 6.45) is 4.34. The van der Waals surface area contributed by atoms with E-state index in [0.29, 0.717) is 43.5 Å². The Balaban J connectivity index is 1.50. The SMILES string of the molecule is COc1nc(N2CCC(O)CC2)nc2oc(-c3ccc(C4(N)CCC4)cc3)c(-c3ccccc3)c12. The van der Waals surface area contributed by atoms with E-state index in [4.69, 9.17) is 24.9 Å². The fourth-order valence-electron chi connectivity index (χ4n) is 5.20. The van der Waals surface area contributed by atoms with Gasteiger partial charge in [0, 0.05) is 29.8 Å². The number of nitrogens with two attached hydrogens (primary N) is 1. The van der Waals surface area contributed by atoms with Gasteiger partial charge in [0.2, 0.25) is 17.5 Å². The molecule has 4 aromatic rings. The molecule has 0 unspecified atom stereocenters. The Morgan fingerprint density at radius 3 is 2.34 bits per heavy atom. The van der Waals surface area contributed by atoms with Gasteiger partial charge < -0.3 is 24.9 Å². The summed E-state index contributed by atoms with van der Waals surface area (Å²) in [5.74, 6) is 1.78. The van der Waals surface area contributed by atoms with Crippen molar-refractivity contribution in [1.82, 2.24) is 9.97 Å². The number of furan rings is 1. The highest BCUT2D eigenvalue weighted by atomic mass is 16.5. The average Bonchev–Trinajstić information content (AvgIpc) is 3.27. The van der Waals surface area contributed by atoms with Gasteiger partial charge in [-0.15, -0.1) is 0 Å².